The molecule has 1 aliphatic rings. The van der Waals surface area contributed by atoms with Crippen LogP contribution in [0.15, 0.2) is 21.0 Å². The highest BCUT2D eigenvalue weighted by Crippen LogP contribution is 2.22. The molecule has 1 amide bonds. The highest BCUT2D eigenvalue weighted by molar-refractivity contribution is 9.10. The van der Waals surface area contributed by atoms with Crippen LogP contribution in [0.1, 0.15) is 53.4 Å². The molecule has 1 aliphatic carbocycles. The molecular weight excluding hydrogens is 346 g/mol. The normalized spacial score (nSPS) is 15.4. The van der Waals surface area contributed by atoms with E-state index in [1.54, 1.807) is 6.07 Å². The van der Waals surface area contributed by atoms with Crippen molar-refractivity contribution >= 4 is 21.8 Å². The van der Waals surface area contributed by atoms with E-state index in [0.29, 0.717) is 18.3 Å². The van der Waals surface area contributed by atoms with E-state index < -0.39 is 0 Å². The largest absolute Gasteiger partial charge is 0.454 e. The molecule has 118 valence electrons. The van der Waals surface area contributed by atoms with Gasteiger partial charge in [-0.1, -0.05) is 12.8 Å². The zero-order valence-corrected chi connectivity index (χ0v) is 14.4. The predicted octanol–water partition coefficient (Wildman–Crippen LogP) is 3.58. The minimum Gasteiger partial charge on any atom is -0.454 e. The molecule has 0 saturated heterocycles. The van der Waals surface area contributed by atoms with E-state index in [9.17, 15) is 4.79 Å². The molecule has 0 spiro atoms. The summed E-state index contributed by atoms with van der Waals surface area (Å²) in [4.78, 5) is 12.2. The van der Waals surface area contributed by atoms with Gasteiger partial charge in [0.2, 0.25) is 0 Å². The van der Waals surface area contributed by atoms with Crippen LogP contribution >= 0.6 is 15.9 Å². The molecule has 22 heavy (non-hydrogen) atoms. The van der Waals surface area contributed by atoms with Crippen molar-refractivity contribution in [1.82, 2.24) is 15.1 Å². The number of aryl methyl sites for hydroxylation is 1. The van der Waals surface area contributed by atoms with E-state index in [4.69, 9.17) is 4.42 Å². The van der Waals surface area contributed by atoms with Crippen LogP contribution in [-0.2, 0) is 6.54 Å². The number of nitrogens with one attached hydrogen (secondary N) is 1. The number of amides is 1. The summed E-state index contributed by atoms with van der Waals surface area (Å²) in [6.07, 6.45) is 4.53. The maximum Gasteiger partial charge on any atom is 0.287 e. The number of carbonyl (C=O) groups is 1. The lowest BCUT2D eigenvalue weighted by molar-refractivity contribution is 0.0907. The quantitative estimate of drug-likeness (QED) is 0.900. The van der Waals surface area contributed by atoms with Gasteiger partial charge in [0.1, 0.15) is 5.76 Å². The Bertz CT molecular complexity index is 684. The van der Waals surface area contributed by atoms with E-state index in [1.807, 2.05) is 24.6 Å². The van der Waals surface area contributed by atoms with Crippen molar-refractivity contribution in [3.05, 3.63) is 39.5 Å². The second-order valence-corrected chi connectivity index (χ2v) is 6.66. The molecule has 1 N–H and O–H groups in total. The molecule has 3 rings (SSSR count). The van der Waals surface area contributed by atoms with E-state index in [2.05, 4.69) is 26.3 Å². The standard InChI is InChI=1S/C16H20BrN3O2/c1-10-15(17)11(2)20(19-10)9-13-7-8-14(22-13)16(21)18-12-5-3-4-6-12/h7-8,12H,3-6,9H2,1-2H3,(H,18,21). The van der Waals surface area contributed by atoms with Gasteiger partial charge >= 0.3 is 0 Å². The molecule has 0 unspecified atom stereocenters. The number of halogens is 1. The number of nitrogens with zero attached hydrogens (tertiary/aromatic N) is 2. The second kappa shape index (κ2) is 6.28. The number of aromatic nitrogens is 2. The Labute approximate surface area is 138 Å². The summed E-state index contributed by atoms with van der Waals surface area (Å²) < 4.78 is 8.56. The zero-order chi connectivity index (χ0) is 15.7. The molecule has 0 bridgehead atoms. The van der Waals surface area contributed by atoms with Gasteiger partial charge < -0.3 is 9.73 Å². The van der Waals surface area contributed by atoms with Gasteiger partial charge in [0, 0.05) is 6.04 Å². The lowest BCUT2D eigenvalue weighted by Gasteiger charge is -2.09. The average Bonchev–Trinajstić information content (AvgIpc) is 3.20. The molecular formula is C16H20BrN3O2. The fourth-order valence-electron chi connectivity index (χ4n) is 2.89. The number of carbonyl (C=O) groups excluding carboxylic acids is 1. The van der Waals surface area contributed by atoms with E-state index in [-0.39, 0.29) is 5.91 Å². The van der Waals surface area contributed by atoms with Crippen molar-refractivity contribution in [2.24, 2.45) is 0 Å². The van der Waals surface area contributed by atoms with Crippen molar-refractivity contribution in [1.29, 1.82) is 0 Å². The molecule has 6 heteroatoms. The molecule has 2 aromatic heterocycles. The lowest BCUT2D eigenvalue weighted by atomic mass is 10.2. The molecule has 1 fully saturated rings. The maximum atomic E-state index is 12.2. The van der Waals surface area contributed by atoms with Gasteiger partial charge in [-0.25, -0.2) is 0 Å². The summed E-state index contributed by atoms with van der Waals surface area (Å²) in [7, 11) is 0. The van der Waals surface area contributed by atoms with Crippen LogP contribution in [0.4, 0.5) is 0 Å². The van der Waals surface area contributed by atoms with Gasteiger partial charge in [-0.05, 0) is 54.8 Å². The van der Waals surface area contributed by atoms with Crippen molar-refractivity contribution in [3.8, 4) is 0 Å². The lowest BCUT2D eigenvalue weighted by Crippen LogP contribution is -2.32. The maximum absolute atomic E-state index is 12.2. The van der Waals surface area contributed by atoms with Crippen LogP contribution in [0.3, 0.4) is 0 Å². The SMILES string of the molecule is Cc1nn(Cc2ccc(C(=O)NC3CCCC3)o2)c(C)c1Br. The highest BCUT2D eigenvalue weighted by atomic mass is 79.9. The Morgan fingerprint density at radius 2 is 2.14 bits per heavy atom. The Morgan fingerprint density at radius 3 is 2.77 bits per heavy atom. The number of hydrogen-bond donors (Lipinski definition) is 1. The van der Waals surface area contributed by atoms with Crippen LogP contribution in [0, 0.1) is 13.8 Å². The Balaban J connectivity index is 1.67. The average molecular weight is 366 g/mol. The molecule has 5 nitrogen and oxygen atoms in total. The van der Waals surface area contributed by atoms with E-state index in [0.717, 1.165) is 34.5 Å². The van der Waals surface area contributed by atoms with E-state index in [1.165, 1.54) is 12.8 Å². The minimum atomic E-state index is -0.118. The summed E-state index contributed by atoms with van der Waals surface area (Å²) in [6, 6.07) is 3.88. The fraction of sp³-hybridized carbons (Fsp3) is 0.500. The molecule has 2 heterocycles. The van der Waals surface area contributed by atoms with Crippen LogP contribution in [-0.4, -0.2) is 21.7 Å². The molecule has 0 aliphatic heterocycles. The van der Waals surface area contributed by atoms with Gasteiger partial charge in [-0.3, -0.25) is 9.48 Å². The molecule has 0 radical (unpaired) electrons. The summed E-state index contributed by atoms with van der Waals surface area (Å²) in [5, 5.41) is 7.49. The Morgan fingerprint density at radius 1 is 1.41 bits per heavy atom. The monoisotopic (exact) mass is 365 g/mol. The van der Waals surface area contributed by atoms with Gasteiger partial charge in [-0.15, -0.1) is 0 Å². The van der Waals surface area contributed by atoms with Gasteiger partial charge in [0.15, 0.2) is 5.76 Å². The first-order valence-electron chi connectivity index (χ1n) is 7.63. The smallest absolute Gasteiger partial charge is 0.287 e. The Hall–Kier alpha value is -1.56. The topological polar surface area (TPSA) is 60.1 Å². The van der Waals surface area contributed by atoms with Crippen LogP contribution < -0.4 is 5.32 Å². The van der Waals surface area contributed by atoms with Crippen molar-refractivity contribution in [2.45, 2.75) is 52.1 Å². The van der Waals surface area contributed by atoms with Gasteiger partial charge in [0.05, 0.1) is 22.4 Å². The second-order valence-electron chi connectivity index (χ2n) is 5.86. The summed E-state index contributed by atoms with van der Waals surface area (Å²) in [6.45, 7) is 4.48. The minimum absolute atomic E-state index is 0.118. The van der Waals surface area contributed by atoms with Crippen LogP contribution in [0.2, 0.25) is 0 Å². The number of hydrogen-bond acceptors (Lipinski definition) is 3. The third-order valence-electron chi connectivity index (χ3n) is 4.17. The fourth-order valence-corrected chi connectivity index (χ4v) is 3.17. The highest BCUT2D eigenvalue weighted by Gasteiger charge is 2.20. The Kier molecular flexibility index (Phi) is 4.38. The van der Waals surface area contributed by atoms with Crippen LogP contribution in [0.25, 0.3) is 0 Å². The van der Waals surface area contributed by atoms with Gasteiger partial charge in [-0.2, -0.15) is 5.10 Å². The van der Waals surface area contributed by atoms with Crippen LogP contribution in [0.5, 0.6) is 0 Å². The number of furan rings is 1. The van der Waals surface area contributed by atoms with Crippen molar-refractivity contribution in [3.63, 3.8) is 0 Å². The summed E-state index contributed by atoms with van der Waals surface area (Å²) in [5.74, 6) is 0.991. The number of rotatable bonds is 4. The van der Waals surface area contributed by atoms with E-state index >= 15 is 0 Å². The predicted molar refractivity (Wildman–Crippen MR) is 86.9 cm³/mol. The molecule has 1 saturated carbocycles. The first kappa shape index (κ1) is 15.3. The first-order valence-corrected chi connectivity index (χ1v) is 8.43. The summed E-state index contributed by atoms with van der Waals surface area (Å²) >= 11 is 3.51. The first-order chi connectivity index (χ1) is 10.5. The molecule has 0 aromatic carbocycles. The van der Waals surface area contributed by atoms with Crippen molar-refractivity contribution < 1.29 is 9.21 Å². The van der Waals surface area contributed by atoms with Gasteiger partial charge in [0.25, 0.3) is 5.91 Å². The zero-order valence-electron chi connectivity index (χ0n) is 12.9. The molecule has 0 atom stereocenters. The third kappa shape index (κ3) is 3.11. The summed E-state index contributed by atoms with van der Waals surface area (Å²) in [5.41, 5.74) is 1.99. The third-order valence-corrected chi connectivity index (χ3v) is 5.32. The van der Waals surface area contributed by atoms with Crippen molar-refractivity contribution in [2.75, 3.05) is 0 Å². The molecule has 2 aromatic rings.